The van der Waals surface area contributed by atoms with Crippen molar-refractivity contribution in [1.29, 1.82) is 0 Å². The van der Waals surface area contributed by atoms with E-state index in [-0.39, 0.29) is 12.1 Å². The van der Waals surface area contributed by atoms with Crippen molar-refractivity contribution in [3.05, 3.63) is 51.9 Å². The molecule has 0 radical (unpaired) electrons. The van der Waals surface area contributed by atoms with Crippen LogP contribution in [0.4, 0.5) is 4.79 Å². The largest absolute Gasteiger partial charge is 0.448 e. The summed E-state index contributed by atoms with van der Waals surface area (Å²) in [5, 5.41) is 2.61. The maximum Gasteiger partial charge on any atom is 0.409 e. The number of H-pyrrole nitrogens is 1. The molecule has 2 heterocycles. The van der Waals surface area contributed by atoms with E-state index in [1.807, 2.05) is 31.2 Å². The number of carbonyl (C=O) groups is 2. The highest BCUT2D eigenvalue weighted by atomic mass is 16.6. The van der Waals surface area contributed by atoms with Crippen molar-refractivity contribution in [2.75, 3.05) is 26.2 Å². The van der Waals surface area contributed by atoms with Gasteiger partial charge in [-0.25, -0.2) is 9.78 Å². The van der Waals surface area contributed by atoms with Crippen LogP contribution >= 0.6 is 0 Å². The Kier molecular flexibility index (Phi) is 4.78. The zero-order valence-corrected chi connectivity index (χ0v) is 13.7. The van der Waals surface area contributed by atoms with Gasteiger partial charge in [0.25, 0.3) is 11.5 Å². The monoisotopic (exact) mass is 342 g/mol. The molecule has 0 spiro atoms. The van der Waals surface area contributed by atoms with Gasteiger partial charge in [-0.05, 0) is 13.0 Å². The van der Waals surface area contributed by atoms with E-state index in [2.05, 4.69) is 15.3 Å². The van der Waals surface area contributed by atoms with Crippen LogP contribution in [0.2, 0.25) is 0 Å². The number of aromatic amines is 1. The highest BCUT2D eigenvalue weighted by Gasteiger charge is 2.21. The molecule has 1 aliphatic heterocycles. The normalized spacial score (nSPS) is 13.6. The minimum atomic E-state index is -0.530. The lowest BCUT2D eigenvalue weighted by atomic mass is 10.1. The average molecular weight is 342 g/mol. The minimum absolute atomic E-state index is 0.0691. The highest BCUT2D eigenvalue weighted by molar-refractivity contribution is 5.93. The third-order valence-corrected chi connectivity index (χ3v) is 3.85. The minimum Gasteiger partial charge on any atom is -0.448 e. The lowest BCUT2D eigenvalue weighted by Gasteiger charge is -2.12. The first kappa shape index (κ1) is 16.7. The van der Waals surface area contributed by atoms with E-state index in [9.17, 15) is 14.4 Å². The summed E-state index contributed by atoms with van der Waals surface area (Å²) in [6, 6.07) is 7.54. The number of amides is 2. The molecule has 8 nitrogen and oxygen atoms in total. The van der Waals surface area contributed by atoms with Gasteiger partial charge in [-0.2, -0.15) is 0 Å². The third kappa shape index (κ3) is 3.85. The Morgan fingerprint density at radius 3 is 2.92 bits per heavy atom. The van der Waals surface area contributed by atoms with Crippen LogP contribution in [0.25, 0.3) is 11.4 Å². The van der Waals surface area contributed by atoms with Gasteiger partial charge in [0, 0.05) is 24.8 Å². The fourth-order valence-corrected chi connectivity index (χ4v) is 2.52. The van der Waals surface area contributed by atoms with E-state index in [1.54, 1.807) is 0 Å². The number of benzene rings is 1. The number of carbonyl (C=O) groups excluding carboxylic acids is 2. The van der Waals surface area contributed by atoms with Gasteiger partial charge >= 0.3 is 6.09 Å². The standard InChI is InChI=1S/C17H18N4O4/c1-11-3-2-4-12(9-11)14-19-10-13(16(23)20-14)15(22)18-5-6-21-7-8-25-17(21)24/h2-4,9-10H,5-8H2,1H3,(H,18,22)(H,19,20,23). The van der Waals surface area contributed by atoms with Crippen LogP contribution in [0, 0.1) is 6.92 Å². The molecule has 0 aliphatic carbocycles. The molecule has 0 bridgehead atoms. The zero-order valence-electron chi connectivity index (χ0n) is 13.7. The van der Waals surface area contributed by atoms with Crippen LogP contribution in [0.1, 0.15) is 15.9 Å². The van der Waals surface area contributed by atoms with Gasteiger partial charge in [0.2, 0.25) is 0 Å². The van der Waals surface area contributed by atoms with Crippen molar-refractivity contribution in [2.24, 2.45) is 0 Å². The van der Waals surface area contributed by atoms with Crippen molar-refractivity contribution in [3.63, 3.8) is 0 Å². The lowest BCUT2D eigenvalue weighted by Crippen LogP contribution is -2.37. The molecule has 0 unspecified atom stereocenters. The van der Waals surface area contributed by atoms with Crippen molar-refractivity contribution >= 4 is 12.0 Å². The average Bonchev–Trinajstić information content (AvgIpc) is 3.00. The first-order valence-electron chi connectivity index (χ1n) is 7.91. The van der Waals surface area contributed by atoms with Crippen LogP contribution in [0.5, 0.6) is 0 Å². The van der Waals surface area contributed by atoms with E-state index >= 15 is 0 Å². The number of nitrogens with zero attached hydrogens (tertiary/aromatic N) is 2. The smallest absolute Gasteiger partial charge is 0.409 e. The summed E-state index contributed by atoms with van der Waals surface area (Å²) in [7, 11) is 0. The lowest BCUT2D eigenvalue weighted by molar-refractivity contribution is 0.0947. The predicted octanol–water partition coefficient (Wildman–Crippen LogP) is 0.927. The molecular weight excluding hydrogens is 324 g/mol. The van der Waals surface area contributed by atoms with Crippen LogP contribution in [0.15, 0.2) is 35.3 Å². The van der Waals surface area contributed by atoms with Crippen LogP contribution in [-0.4, -0.2) is 53.1 Å². The van der Waals surface area contributed by atoms with Crippen molar-refractivity contribution in [3.8, 4) is 11.4 Å². The van der Waals surface area contributed by atoms with Gasteiger partial charge in [0.1, 0.15) is 18.0 Å². The first-order valence-corrected chi connectivity index (χ1v) is 7.91. The number of hydrogen-bond donors (Lipinski definition) is 2. The predicted molar refractivity (Wildman–Crippen MR) is 90.3 cm³/mol. The molecule has 2 amide bonds. The molecule has 8 heteroatoms. The number of nitrogens with one attached hydrogen (secondary N) is 2. The molecular formula is C17H18N4O4. The summed E-state index contributed by atoms with van der Waals surface area (Å²) in [6.45, 7) is 3.36. The molecule has 1 aromatic heterocycles. The van der Waals surface area contributed by atoms with E-state index in [4.69, 9.17) is 4.74 Å². The Balaban J connectivity index is 1.65. The molecule has 25 heavy (non-hydrogen) atoms. The van der Waals surface area contributed by atoms with Crippen molar-refractivity contribution in [2.45, 2.75) is 6.92 Å². The zero-order chi connectivity index (χ0) is 17.8. The second kappa shape index (κ2) is 7.16. The van der Waals surface area contributed by atoms with Gasteiger partial charge in [0.05, 0.1) is 6.54 Å². The molecule has 0 saturated carbocycles. The Hall–Kier alpha value is -3.16. The Morgan fingerprint density at radius 1 is 1.40 bits per heavy atom. The van der Waals surface area contributed by atoms with E-state index in [0.717, 1.165) is 11.1 Å². The van der Waals surface area contributed by atoms with Crippen molar-refractivity contribution < 1.29 is 14.3 Å². The van der Waals surface area contributed by atoms with E-state index in [0.29, 0.717) is 25.5 Å². The second-order valence-corrected chi connectivity index (χ2v) is 5.70. The molecule has 1 aliphatic rings. The molecule has 1 fully saturated rings. The summed E-state index contributed by atoms with van der Waals surface area (Å²) in [4.78, 5) is 43.9. The van der Waals surface area contributed by atoms with Crippen LogP contribution in [0.3, 0.4) is 0 Å². The molecule has 3 rings (SSSR count). The maximum absolute atomic E-state index is 12.2. The number of hydrogen-bond acceptors (Lipinski definition) is 5. The number of cyclic esters (lactones) is 1. The summed E-state index contributed by atoms with van der Waals surface area (Å²) >= 11 is 0. The second-order valence-electron chi connectivity index (χ2n) is 5.70. The van der Waals surface area contributed by atoms with E-state index < -0.39 is 17.6 Å². The number of ether oxygens (including phenoxy) is 1. The van der Waals surface area contributed by atoms with Gasteiger partial charge < -0.3 is 19.9 Å². The highest BCUT2D eigenvalue weighted by Crippen LogP contribution is 2.14. The molecule has 2 aromatic rings. The molecule has 1 saturated heterocycles. The van der Waals surface area contributed by atoms with Gasteiger partial charge in [-0.3, -0.25) is 9.59 Å². The fourth-order valence-electron chi connectivity index (χ4n) is 2.52. The van der Waals surface area contributed by atoms with Gasteiger partial charge in [-0.15, -0.1) is 0 Å². The van der Waals surface area contributed by atoms with Crippen LogP contribution < -0.4 is 10.9 Å². The molecule has 0 atom stereocenters. The quantitative estimate of drug-likeness (QED) is 0.841. The summed E-state index contributed by atoms with van der Waals surface area (Å²) < 4.78 is 4.80. The molecule has 2 N–H and O–H groups in total. The number of aromatic nitrogens is 2. The topological polar surface area (TPSA) is 104 Å². The summed E-state index contributed by atoms with van der Waals surface area (Å²) in [5.41, 5.74) is 1.24. The third-order valence-electron chi connectivity index (χ3n) is 3.85. The molecule has 130 valence electrons. The number of aryl methyl sites for hydroxylation is 1. The van der Waals surface area contributed by atoms with E-state index in [1.165, 1.54) is 11.1 Å². The summed E-state index contributed by atoms with van der Waals surface area (Å²) in [6.07, 6.45) is 0.868. The van der Waals surface area contributed by atoms with Crippen molar-refractivity contribution in [1.82, 2.24) is 20.2 Å². The Labute approximate surface area is 143 Å². The van der Waals surface area contributed by atoms with Gasteiger partial charge in [-0.1, -0.05) is 23.8 Å². The first-order chi connectivity index (χ1) is 12.0. The number of rotatable bonds is 5. The van der Waals surface area contributed by atoms with Gasteiger partial charge in [0.15, 0.2) is 0 Å². The SMILES string of the molecule is Cc1cccc(-c2ncc(C(=O)NCCN3CCOC3=O)c(=O)[nH]2)c1. The Bertz CT molecular complexity index is 862. The van der Waals surface area contributed by atoms with Crippen LogP contribution in [-0.2, 0) is 4.74 Å². The summed E-state index contributed by atoms with van der Waals surface area (Å²) in [5.74, 6) is -0.123. The fraction of sp³-hybridized carbons (Fsp3) is 0.294. The molecule has 1 aromatic carbocycles. The maximum atomic E-state index is 12.2. The Morgan fingerprint density at radius 2 is 2.24 bits per heavy atom.